The van der Waals surface area contributed by atoms with Gasteiger partial charge in [-0.2, -0.15) is 0 Å². The Kier molecular flexibility index (Phi) is 6.79. The second-order valence-electron chi connectivity index (χ2n) is 8.11. The Balaban J connectivity index is 1.63. The molecule has 162 valence electrons. The van der Waals surface area contributed by atoms with E-state index >= 15 is 0 Å². The Morgan fingerprint density at radius 1 is 1.00 bits per heavy atom. The van der Waals surface area contributed by atoms with E-state index in [9.17, 15) is 13.2 Å². The summed E-state index contributed by atoms with van der Waals surface area (Å²) in [5.74, 6) is -0.332. The minimum atomic E-state index is -3.64. The quantitative estimate of drug-likeness (QED) is 0.558. The Hall–Kier alpha value is -2.74. The fourth-order valence-electron chi connectivity index (χ4n) is 2.83. The highest BCUT2D eigenvalue weighted by atomic mass is 35.5. The van der Waals surface area contributed by atoms with Gasteiger partial charge in [-0.05, 0) is 46.9 Å². The molecule has 0 aliphatic heterocycles. The summed E-state index contributed by atoms with van der Waals surface area (Å²) in [5, 5.41) is 3.09. The maximum Gasteiger partial charge on any atom is 0.255 e. The first-order valence-electron chi connectivity index (χ1n) is 9.66. The maximum atomic E-state index is 12.6. The van der Waals surface area contributed by atoms with E-state index in [1.165, 1.54) is 12.4 Å². The summed E-state index contributed by atoms with van der Waals surface area (Å²) >= 11 is 6.03. The number of hydrogen-bond acceptors (Lipinski definition) is 4. The van der Waals surface area contributed by atoms with Crippen molar-refractivity contribution in [1.82, 2.24) is 9.71 Å². The molecule has 0 unspecified atom stereocenters. The second kappa shape index (κ2) is 9.18. The van der Waals surface area contributed by atoms with Gasteiger partial charge in [-0.25, -0.2) is 13.1 Å². The van der Waals surface area contributed by atoms with E-state index in [2.05, 4.69) is 35.8 Å². The number of rotatable bonds is 6. The van der Waals surface area contributed by atoms with Crippen LogP contribution in [0.1, 0.15) is 42.3 Å². The van der Waals surface area contributed by atoms with Gasteiger partial charge in [0.1, 0.15) is 0 Å². The van der Waals surface area contributed by atoms with Crippen molar-refractivity contribution in [2.24, 2.45) is 0 Å². The van der Waals surface area contributed by atoms with Crippen LogP contribution in [0.2, 0.25) is 5.02 Å². The van der Waals surface area contributed by atoms with Crippen molar-refractivity contribution in [2.75, 3.05) is 5.32 Å². The van der Waals surface area contributed by atoms with Gasteiger partial charge in [-0.1, -0.05) is 56.6 Å². The predicted octanol–water partition coefficient (Wildman–Crippen LogP) is 4.76. The fraction of sp³-hybridized carbons (Fsp3) is 0.217. The molecule has 3 aromatic rings. The lowest BCUT2D eigenvalue weighted by Gasteiger charge is -2.19. The van der Waals surface area contributed by atoms with Crippen LogP contribution in [0.3, 0.4) is 0 Å². The summed E-state index contributed by atoms with van der Waals surface area (Å²) in [6.45, 7) is 6.33. The van der Waals surface area contributed by atoms with Gasteiger partial charge < -0.3 is 5.32 Å². The minimum Gasteiger partial charge on any atom is -0.319 e. The highest BCUT2D eigenvalue weighted by molar-refractivity contribution is 7.89. The molecule has 2 aromatic carbocycles. The molecule has 1 heterocycles. The van der Waals surface area contributed by atoms with E-state index < -0.39 is 10.0 Å². The van der Waals surface area contributed by atoms with Crippen molar-refractivity contribution in [3.63, 3.8) is 0 Å². The van der Waals surface area contributed by atoms with Crippen LogP contribution >= 0.6 is 11.6 Å². The molecule has 0 aliphatic rings. The molecule has 0 fully saturated rings. The van der Waals surface area contributed by atoms with Gasteiger partial charge in [0.25, 0.3) is 5.91 Å². The molecule has 0 saturated heterocycles. The molecule has 0 spiro atoms. The van der Waals surface area contributed by atoms with Gasteiger partial charge in [-0.15, -0.1) is 0 Å². The third kappa shape index (κ3) is 5.91. The normalized spacial score (nSPS) is 11.9. The summed E-state index contributed by atoms with van der Waals surface area (Å²) in [6.07, 6.45) is 3.00. The standard InChI is InChI=1S/C23H24ClN3O3S/c1-23(2,3)18-8-10-19(11-9-18)31(29,30)26-14-16-4-6-17(7-5-16)22(28)27-21-15-25-13-12-20(21)24/h4-13,15,26H,14H2,1-3H3,(H,27,28). The number of carbonyl (C=O) groups excluding carboxylic acids is 1. The van der Waals surface area contributed by atoms with Crippen molar-refractivity contribution in [3.8, 4) is 0 Å². The van der Waals surface area contributed by atoms with Crippen molar-refractivity contribution in [3.05, 3.63) is 88.7 Å². The van der Waals surface area contributed by atoms with Crippen LogP contribution in [0.5, 0.6) is 0 Å². The van der Waals surface area contributed by atoms with Gasteiger partial charge in [0, 0.05) is 18.3 Å². The number of nitrogens with one attached hydrogen (secondary N) is 2. The lowest BCUT2D eigenvalue weighted by Crippen LogP contribution is -2.23. The summed E-state index contributed by atoms with van der Waals surface area (Å²) in [4.78, 5) is 16.5. The first-order valence-corrected chi connectivity index (χ1v) is 11.5. The Labute approximate surface area is 187 Å². The smallest absolute Gasteiger partial charge is 0.255 e. The Morgan fingerprint density at radius 3 is 2.23 bits per heavy atom. The van der Waals surface area contributed by atoms with Crippen molar-refractivity contribution < 1.29 is 13.2 Å². The average Bonchev–Trinajstić information content (AvgIpc) is 2.74. The van der Waals surface area contributed by atoms with Crippen LogP contribution in [0.15, 0.2) is 71.9 Å². The van der Waals surface area contributed by atoms with Crippen LogP contribution in [-0.4, -0.2) is 19.3 Å². The molecule has 31 heavy (non-hydrogen) atoms. The Bertz CT molecular complexity index is 1170. The van der Waals surface area contributed by atoms with E-state index in [1.54, 1.807) is 42.5 Å². The number of hydrogen-bond donors (Lipinski definition) is 2. The van der Waals surface area contributed by atoms with E-state index in [1.807, 2.05) is 12.1 Å². The van der Waals surface area contributed by atoms with Crippen LogP contribution in [0, 0.1) is 0 Å². The molecule has 0 bridgehead atoms. The lowest BCUT2D eigenvalue weighted by atomic mass is 9.87. The van der Waals surface area contributed by atoms with E-state index in [0.717, 1.165) is 11.1 Å². The van der Waals surface area contributed by atoms with Gasteiger partial charge in [0.05, 0.1) is 21.8 Å². The van der Waals surface area contributed by atoms with Crippen LogP contribution in [-0.2, 0) is 22.0 Å². The van der Waals surface area contributed by atoms with E-state index in [-0.39, 0.29) is 22.8 Å². The number of anilines is 1. The monoisotopic (exact) mass is 457 g/mol. The van der Waals surface area contributed by atoms with Crippen molar-refractivity contribution in [1.29, 1.82) is 0 Å². The summed E-state index contributed by atoms with van der Waals surface area (Å²) < 4.78 is 27.8. The number of halogens is 1. The number of pyridine rings is 1. The number of carbonyl (C=O) groups is 1. The molecule has 2 N–H and O–H groups in total. The average molecular weight is 458 g/mol. The number of nitrogens with zero attached hydrogens (tertiary/aromatic N) is 1. The molecule has 0 saturated carbocycles. The lowest BCUT2D eigenvalue weighted by molar-refractivity contribution is 0.102. The molecule has 1 aromatic heterocycles. The highest BCUT2D eigenvalue weighted by Crippen LogP contribution is 2.23. The van der Waals surface area contributed by atoms with Crippen molar-refractivity contribution >= 4 is 33.2 Å². The zero-order chi connectivity index (χ0) is 22.6. The van der Waals surface area contributed by atoms with Gasteiger partial charge in [0.15, 0.2) is 0 Å². The molecule has 0 atom stereocenters. The molecule has 3 rings (SSSR count). The zero-order valence-electron chi connectivity index (χ0n) is 17.5. The number of benzene rings is 2. The molecule has 6 nitrogen and oxygen atoms in total. The molecule has 8 heteroatoms. The predicted molar refractivity (Wildman–Crippen MR) is 123 cm³/mol. The SMILES string of the molecule is CC(C)(C)c1ccc(S(=O)(=O)NCc2ccc(C(=O)Nc3cnccc3Cl)cc2)cc1. The highest BCUT2D eigenvalue weighted by Gasteiger charge is 2.17. The molecular formula is C23H24ClN3O3S. The zero-order valence-corrected chi connectivity index (χ0v) is 19.1. The van der Waals surface area contributed by atoms with E-state index in [4.69, 9.17) is 11.6 Å². The molecule has 0 aliphatic carbocycles. The molecular weight excluding hydrogens is 434 g/mol. The first-order chi connectivity index (χ1) is 14.6. The van der Waals surface area contributed by atoms with E-state index in [0.29, 0.717) is 16.3 Å². The summed E-state index contributed by atoms with van der Waals surface area (Å²) in [5.41, 5.74) is 2.58. The molecule has 1 amide bonds. The van der Waals surface area contributed by atoms with Crippen molar-refractivity contribution in [2.45, 2.75) is 37.6 Å². The number of sulfonamides is 1. The molecule has 0 radical (unpaired) electrons. The first kappa shape index (κ1) is 22.9. The van der Waals surface area contributed by atoms with Crippen LogP contribution in [0.4, 0.5) is 5.69 Å². The third-order valence-corrected chi connectivity index (χ3v) is 6.48. The minimum absolute atomic E-state index is 0.0495. The number of amides is 1. The van der Waals surface area contributed by atoms with Gasteiger partial charge in [-0.3, -0.25) is 9.78 Å². The number of aromatic nitrogens is 1. The van der Waals surface area contributed by atoms with Crippen LogP contribution < -0.4 is 10.0 Å². The van der Waals surface area contributed by atoms with Gasteiger partial charge in [0.2, 0.25) is 10.0 Å². The third-order valence-electron chi connectivity index (χ3n) is 4.73. The van der Waals surface area contributed by atoms with Gasteiger partial charge >= 0.3 is 0 Å². The Morgan fingerprint density at radius 2 is 1.65 bits per heavy atom. The summed E-state index contributed by atoms with van der Waals surface area (Å²) in [7, 11) is -3.64. The topological polar surface area (TPSA) is 88.2 Å². The van der Waals surface area contributed by atoms with Crippen LogP contribution in [0.25, 0.3) is 0 Å². The fourth-order valence-corrected chi connectivity index (χ4v) is 4.00. The maximum absolute atomic E-state index is 12.6. The second-order valence-corrected chi connectivity index (χ2v) is 10.3. The summed E-state index contributed by atoms with van der Waals surface area (Å²) in [6, 6.07) is 15.1. The largest absolute Gasteiger partial charge is 0.319 e.